The Bertz CT molecular complexity index is 3960. The fraction of sp³-hybridized carbons (Fsp3) is 0.0893. The van der Waals surface area contributed by atoms with E-state index in [1.54, 1.807) is 18.3 Å². The summed E-state index contributed by atoms with van der Waals surface area (Å²) in [5.41, 5.74) is 8.70. The molecule has 0 unspecified atom stereocenters. The molecule has 0 fully saturated rings. The first-order valence-electron chi connectivity index (χ1n) is 22.7. The second kappa shape index (κ2) is 16.7. The number of hydrogen-bond donors (Lipinski definition) is 0. The third-order valence-corrected chi connectivity index (χ3v) is 13.9. The van der Waals surface area contributed by atoms with E-state index in [0.29, 0.717) is 55.8 Å². The smallest absolute Gasteiger partial charge is 0.216 e. The molecule has 0 amide bonds. The summed E-state index contributed by atoms with van der Waals surface area (Å²) in [6.45, 7) is 5.94. The Morgan fingerprint density at radius 3 is 2.24 bits per heavy atom. The van der Waals surface area contributed by atoms with E-state index < -0.39 is 20.7 Å². The Labute approximate surface area is 398 Å². The first kappa shape index (κ1) is 39.3. The monoisotopic (exact) mass is 1060 g/mol. The van der Waals surface area contributed by atoms with Gasteiger partial charge in [-0.15, -0.1) is 35.9 Å². The van der Waals surface area contributed by atoms with Gasteiger partial charge >= 0.3 is 0 Å². The van der Waals surface area contributed by atoms with Crippen LogP contribution in [0.2, 0.25) is 19.6 Å². The number of halogens is 2. The summed E-state index contributed by atoms with van der Waals surface area (Å²) >= 11 is 0. The van der Waals surface area contributed by atoms with Crippen molar-refractivity contribution in [3.63, 3.8) is 0 Å². The molecule has 7 aromatic carbocycles. The number of aromatic nitrogens is 4. The first-order valence-corrected chi connectivity index (χ1v) is 24.7. The van der Waals surface area contributed by atoms with Crippen LogP contribution in [0.4, 0.5) is 8.78 Å². The number of benzene rings is 7. The molecule has 325 valence electrons. The molecule has 0 spiro atoms. The molecule has 12 rings (SSSR count). The maximum absolute atomic E-state index is 15.3. The minimum atomic E-state index is -2.23. The molecule has 6 nitrogen and oxygen atoms in total. The van der Waals surface area contributed by atoms with Crippen LogP contribution in [0, 0.1) is 37.5 Å². The topological polar surface area (TPSA) is 69.9 Å². The number of nitrogens with zero attached hydrogens (tertiary/aromatic N) is 4. The number of pyridine rings is 2. The summed E-state index contributed by atoms with van der Waals surface area (Å²) in [5, 5.41) is 6.00. The van der Waals surface area contributed by atoms with Crippen LogP contribution in [0.1, 0.15) is 15.4 Å². The predicted octanol–water partition coefficient (Wildman–Crippen LogP) is 14.5. The van der Waals surface area contributed by atoms with Crippen LogP contribution in [0.25, 0.3) is 105 Å². The number of para-hydroxylation sites is 2. The largest absolute Gasteiger partial charge is 0.486 e. The normalized spacial score (nSPS) is 12.6. The molecule has 5 aromatic heterocycles. The maximum Gasteiger partial charge on any atom is 0.216 e. The zero-order chi connectivity index (χ0) is 47.1. The van der Waals surface area contributed by atoms with Crippen molar-refractivity contribution in [2.24, 2.45) is 0 Å². The van der Waals surface area contributed by atoms with Gasteiger partial charge in [0.25, 0.3) is 0 Å². The van der Waals surface area contributed by atoms with E-state index in [1.165, 1.54) is 12.1 Å². The van der Waals surface area contributed by atoms with Gasteiger partial charge in [0.15, 0.2) is 5.58 Å². The molecular formula is C56H40F2IrN4O2Si-2. The van der Waals surface area contributed by atoms with Gasteiger partial charge in [0.2, 0.25) is 5.71 Å². The SMILES string of the molecule is Cc1ccc2c(n1)oc1c(-c3nc4cc5ccccc5cc4n3-c3cccc4c3oc3ccccc34)[c-]cc(F)c12.[2H]C([2H])([2H])c1cc(-c2[c-]cc(F)c(-c3ccccc3)c2)ncc1[Si](C)(C)C.[Ir]. The van der Waals surface area contributed by atoms with Crippen molar-refractivity contribution in [3.8, 4) is 39.5 Å². The minimum absolute atomic E-state index is 0. The molecule has 0 bridgehead atoms. The minimum Gasteiger partial charge on any atom is -0.486 e. The molecule has 0 aliphatic rings. The first-order chi connectivity index (χ1) is 32.7. The Balaban J connectivity index is 0.000000173. The van der Waals surface area contributed by atoms with Crippen LogP contribution in [0.3, 0.4) is 0 Å². The second-order valence-corrected chi connectivity index (χ2v) is 22.2. The number of furan rings is 2. The van der Waals surface area contributed by atoms with Crippen molar-refractivity contribution in [3.05, 3.63) is 187 Å². The number of rotatable bonds is 5. The molecule has 10 heteroatoms. The Morgan fingerprint density at radius 1 is 0.697 bits per heavy atom. The van der Waals surface area contributed by atoms with Gasteiger partial charge in [0.05, 0.1) is 36.2 Å². The number of imidazole rings is 1. The quantitative estimate of drug-likeness (QED) is 0.127. The molecule has 0 atom stereocenters. The summed E-state index contributed by atoms with van der Waals surface area (Å²) in [4.78, 5) is 14.1. The van der Waals surface area contributed by atoms with E-state index in [2.05, 4.69) is 82.7 Å². The molecule has 0 aliphatic carbocycles. The van der Waals surface area contributed by atoms with Gasteiger partial charge in [-0.25, -0.2) is 4.98 Å². The number of fused-ring (bicyclic) bond motifs is 8. The molecule has 0 N–H and O–H groups in total. The fourth-order valence-corrected chi connectivity index (χ4v) is 10.00. The van der Waals surface area contributed by atoms with Crippen LogP contribution < -0.4 is 5.19 Å². The van der Waals surface area contributed by atoms with E-state index in [-0.39, 0.29) is 25.9 Å². The number of hydrogen-bond acceptors (Lipinski definition) is 5. The van der Waals surface area contributed by atoms with Gasteiger partial charge in [0, 0.05) is 63.9 Å². The van der Waals surface area contributed by atoms with Gasteiger partial charge in [-0.1, -0.05) is 127 Å². The van der Waals surface area contributed by atoms with Gasteiger partial charge in [-0.3, -0.25) is 13.8 Å². The van der Waals surface area contributed by atoms with Gasteiger partial charge in [-0.05, 0) is 82.8 Å². The Hall–Kier alpha value is -7.10. The van der Waals surface area contributed by atoms with Gasteiger partial charge in [-0.2, -0.15) is 0 Å². The van der Waals surface area contributed by atoms with Crippen molar-refractivity contribution < 1.29 is 41.8 Å². The molecule has 1 radical (unpaired) electrons. The van der Waals surface area contributed by atoms with Crippen LogP contribution in [-0.2, 0) is 20.1 Å². The van der Waals surface area contributed by atoms with E-state index in [4.69, 9.17) is 17.9 Å². The zero-order valence-corrected chi connectivity index (χ0v) is 39.5. The average Bonchev–Trinajstić information content (AvgIpc) is 4.02. The van der Waals surface area contributed by atoms with Gasteiger partial charge in [0.1, 0.15) is 5.58 Å². The second-order valence-electron chi connectivity index (χ2n) is 17.2. The van der Waals surface area contributed by atoms with Crippen LogP contribution in [0.15, 0.2) is 161 Å². The van der Waals surface area contributed by atoms with Crippen molar-refractivity contribution in [1.29, 1.82) is 0 Å². The third kappa shape index (κ3) is 7.41. The van der Waals surface area contributed by atoms with Crippen LogP contribution in [-0.4, -0.2) is 27.6 Å². The molecule has 5 heterocycles. The molecule has 12 aromatic rings. The Kier molecular flexibility index (Phi) is 9.95. The number of aryl methyl sites for hydroxylation is 2. The molecule has 0 aliphatic heterocycles. The van der Waals surface area contributed by atoms with Crippen molar-refractivity contribution in [2.75, 3.05) is 0 Å². The van der Waals surface area contributed by atoms with E-state index in [1.807, 2.05) is 91.9 Å². The molecular weight excluding hydrogens is 1020 g/mol. The molecule has 0 saturated carbocycles. The summed E-state index contributed by atoms with van der Waals surface area (Å²) < 4.78 is 68.2. The van der Waals surface area contributed by atoms with Crippen molar-refractivity contribution >= 4 is 79.1 Å². The standard InChI is InChI=1S/C35H19FN3O2.C21H21FNSi.Ir/c1-19-13-14-24-31-26(36)16-15-25(33(31)41-35(24)37-19)34-38-27-17-20-7-2-3-8-21(20)18-29(27)39(34)28-11-6-10-23-22-9-4-5-12-30(22)40-32(23)28;1-15-12-20(23-14-21(15)24(2,3)4)17-10-11-19(22)18(13-17)16-8-6-5-7-9-16;/h2-14,16-18H,1H3;5-9,11-14H,1-4H3;/q2*-1;/i;1D3;. The zero-order valence-electron chi connectivity index (χ0n) is 39.1. The van der Waals surface area contributed by atoms with E-state index in [0.717, 1.165) is 65.9 Å². The summed E-state index contributed by atoms with van der Waals surface area (Å²) in [5.74, 6) is -0.218. The molecule has 0 saturated heterocycles. The van der Waals surface area contributed by atoms with Crippen LogP contribution in [0.5, 0.6) is 0 Å². The van der Waals surface area contributed by atoms with E-state index in [9.17, 15) is 4.39 Å². The van der Waals surface area contributed by atoms with E-state index >= 15 is 4.39 Å². The third-order valence-electron chi connectivity index (χ3n) is 11.8. The predicted molar refractivity (Wildman–Crippen MR) is 262 cm³/mol. The average molecular weight is 1060 g/mol. The maximum atomic E-state index is 15.3. The summed E-state index contributed by atoms with van der Waals surface area (Å²) in [7, 11) is -1.88. The summed E-state index contributed by atoms with van der Waals surface area (Å²) in [6.07, 6.45) is 1.67. The summed E-state index contributed by atoms with van der Waals surface area (Å²) in [6, 6.07) is 51.4. The van der Waals surface area contributed by atoms with Crippen molar-refractivity contribution in [1.82, 2.24) is 19.5 Å². The fourth-order valence-electron chi connectivity index (χ4n) is 8.67. The van der Waals surface area contributed by atoms with Crippen molar-refractivity contribution in [2.45, 2.75) is 33.4 Å². The van der Waals surface area contributed by atoms with Gasteiger partial charge < -0.3 is 18.4 Å². The Morgan fingerprint density at radius 2 is 1.44 bits per heavy atom. The van der Waals surface area contributed by atoms with Crippen LogP contribution >= 0.6 is 0 Å². The molecule has 66 heavy (non-hydrogen) atoms.